The van der Waals surface area contributed by atoms with Crippen molar-refractivity contribution in [1.29, 1.82) is 0 Å². The summed E-state index contributed by atoms with van der Waals surface area (Å²) in [6, 6.07) is 8.03. The number of carbonyl (C=O) groups is 3. The number of hydrogen-bond donors (Lipinski definition) is 7. The highest BCUT2D eigenvalue weighted by Gasteiger charge is 2.54. The van der Waals surface area contributed by atoms with Gasteiger partial charge in [0.25, 0.3) is 0 Å². The zero-order valence-corrected chi connectivity index (χ0v) is 37.7. The van der Waals surface area contributed by atoms with Gasteiger partial charge in [-0.2, -0.15) is 0 Å². The van der Waals surface area contributed by atoms with Crippen molar-refractivity contribution >= 4 is 25.9 Å². The van der Waals surface area contributed by atoms with E-state index in [4.69, 9.17) is 28.4 Å². The monoisotopic (exact) mass is 891 g/mol. The molecule has 7 N–H and O–H groups in total. The second-order valence-corrected chi connectivity index (χ2v) is 23.1. The van der Waals surface area contributed by atoms with Gasteiger partial charge >= 0.3 is 11.9 Å². The van der Waals surface area contributed by atoms with Gasteiger partial charge in [-0.3, -0.25) is 4.79 Å². The Labute approximate surface area is 366 Å². The quantitative estimate of drug-likeness (QED) is 0.0515. The number of carboxylic acids is 1. The summed E-state index contributed by atoms with van der Waals surface area (Å²) >= 11 is 0. The SMILES string of the molecule is CCC1CC(C(=O)NCCCC#C[Si](C)(C)C)C[C@@H](O[C@@H]2OC(CO)[C@H](O)C(O[C@@H](CC3CCCCC3)C(=O)O)C2OC(=O)c2ccccc2)C1O[C@@H]1OC(C)[C@@H](O)C(O)C1O. The van der Waals surface area contributed by atoms with E-state index in [9.17, 15) is 45.0 Å². The van der Waals surface area contributed by atoms with Gasteiger partial charge in [-0.15, -0.1) is 11.5 Å². The summed E-state index contributed by atoms with van der Waals surface area (Å²) in [7, 11) is -1.54. The molecule has 4 fully saturated rings. The number of unbranched alkanes of at least 4 members (excludes halogenated alkanes) is 1. The molecule has 4 aliphatic rings. The van der Waals surface area contributed by atoms with Crippen LogP contribution in [0.5, 0.6) is 0 Å². The number of aliphatic hydroxyl groups is 5. The topological polar surface area (TPSA) is 240 Å². The standard InChI is InChI=1S/C45H69NO15Si/c1-6-28-23-30(41(52)46-20-14-9-15-21-62(3,4)5)24-31(38(28)61-44-37(51)36(50)34(48)26(2)56-44)58-45-40(60-43(55)29-18-12-8-13-19-29)39(35(49)33(25-47)59-45)57-32(42(53)54)22-27-16-10-7-11-17-27/h8,12-13,18-19,26-28,30-40,44-45,47-51H,6-7,9-11,14,16-17,20,22-25H2,1-5H3,(H,46,52)(H,53,54)/t26?,28?,30?,31-,32+,33?,34-,35+,36?,37?,38?,39?,40?,44+,45-/m1/s1. The molecule has 2 aliphatic carbocycles. The second-order valence-electron chi connectivity index (χ2n) is 18.4. The maximum absolute atomic E-state index is 13.9. The lowest BCUT2D eigenvalue weighted by atomic mass is 9.75. The number of benzene rings is 1. The third-order valence-electron chi connectivity index (χ3n) is 12.4. The summed E-state index contributed by atoms with van der Waals surface area (Å²) in [5, 5.41) is 67.7. The Kier molecular flexibility index (Phi) is 18.8. The normalized spacial score (nSPS) is 34.9. The van der Waals surface area contributed by atoms with Gasteiger partial charge in [-0.25, -0.2) is 9.59 Å². The number of carbonyl (C=O) groups excluding carboxylic acids is 2. The van der Waals surface area contributed by atoms with Crippen LogP contribution in [-0.2, 0) is 38.0 Å². The summed E-state index contributed by atoms with van der Waals surface area (Å²) < 4.78 is 37.5. The van der Waals surface area contributed by atoms with E-state index < -0.39 is 118 Å². The molecule has 5 rings (SSSR count). The molecule has 0 radical (unpaired) electrons. The van der Waals surface area contributed by atoms with E-state index in [0.29, 0.717) is 32.2 Å². The molecule has 1 amide bonds. The fourth-order valence-corrected chi connectivity index (χ4v) is 9.56. The first-order valence-electron chi connectivity index (χ1n) is 22.4. The van der Waals surface area contributed by atoms with E-state index in [0.717, 1.165) is 32.1 Å². The fraction of sp³-hybridized carbons (Fsp3) is 0.756. The minimum absolute atomic E-state index is 0.0302. The van der Waals surface area contributed by atoms with E-state index in [-0.39, 0.29) is 30.2 Å². The van der Waals surface area contributed by atoms with Crippen LogP contribution in [-0.4, -0.2) is 149 Å². The predicted molar refractivity (Wildman–Crippen MR) is 227 cm³/mol. The number of aliphatic carboxylic acids is 1. The number of ether oxygens (including phenoxy) is 6. The smallest absolute Gasteiger partial charge is 0.338 e. The molecule has 1 aromatic rings. The summed E-state index contributed by atoms with van der Waals surface area (Å²) in [6.07, 6.45) is -11.4. The Morgan fingerprint density at radius 1 is 0.887 bits per heavy atom. The Balaban J connectivity index is 1.47. The van der Waals surface area contributed by atoms with E-state index in [1.807, 2.05) is 6.92 Å². The highest BCUT2D eigenvalue weighted by Crippen LogP contribution is 2.40. The lowest BCUT2D eigenvalue weighted by Gasteiger charge is -2.48. The summed E-state index contributed by atoms with van der Waals surface area (Å²) in [5.74, 6) is -0.0972. The van der Waals surface area contributed by atoms with Gasteiger partial charge in [0.2, 0.25) is 5.91 Å². The van der Waals surface area contributed by atoms with E-state index in [1.165, 1.54) is 19.1 Å². The molecule has 0 spiro atoms. The molecule has 17 heteroatoms. The summed E-state index contributed by atoms with van der Waals surface area (Å²) in [4.78, 5) is 40.4. The molecule has 0 bridgehead atoms. The number of amides is 1. The van der Waals surface area contributed by atoms with Crippen LogP contribution in [0, 0.1) is 29.2 Å². The zero-order valence-electron chi connectivity index (χ0n) is 36.7. The highest BCUT2D eigenvalue weighted by atomic mass is 28.3. The minimum Gasteiger partial charge on any atom is -0.479 e. The van der Waals surface area contributed by atoms with E-state index in [2.05, 4.69) is 36.4 Å². The molecule has 0 aromatic heterocycles. The van der Waals surface area contributed by atoms with Crippen molar-refractivity contribution in [3.63, 3.8) is 0 Å². The second kappa shape index (κ2) is 23.3. The van der Waals surface area contributed by atoms with E-state index >= 15 is 0 Å². The molecule has 2 saturated carbocycles. The lowest BCUT2D eigenvalue weighted by Crippen LogP contribution is -2.64. The first kappa shape index (κ1) is 50.0. The first-order chi connectivity index (χ1) is 29.5. The lowest BCUT2D eigenvalue weighted by molar-refractivity contribution is -0.349. The van der Waals surface area contributed by atoms with Gasteiger partial charge in [-0.05, 0) is 56.6 Å². The van der Waals surface area contributed by atoms with Gasteiger partial charge < -0.3 is 64.4 Å². The van der Waals surface area contributed by atoms with Gasteiger partial charge in [0, 0.05) is 18.9 Å². The van der Waals surface area contributed by atoms with Gasteiger partial charge in [-0.1, -0.05) is 83.3 Å². The van der Waals surface area contributed by atoms with Crippen molar-refractivity contribution < 1.29 is 73.4 Å². The molecular formula is C45H69NO15Si. The van der Waals surface area contributed by atoms with Crippen LogP contribution < -0.4 is 5.32 Å². The van der Waals surface area contributed by atoms with Gasteiger partial charge in [0.05, 0.1) is 30.5 Å². The number of rotatable bonds is 17. The molecule has 15 atom stereocenters. The van der Waals surface area contributed by atoms with Crippen LogP contribution in [0.3, 0.4) is 0 Å². The van der Waals surface area contributed by atoms with Crippen LogP contribution in [0.15, 0.2) is 30.3 Å². The Bertz CT molecular complexity index is 1650. The van der Waals surface area contributed by atoms with Crippen molar-refractivity contribution in [2.75, 3.05) is 13.2 Å². The predicted octanol–water partition coefficient (Wildman–Crippen LogP) is 2.91. The third kappa shape index (κ3) is 13.5. The van der Waals surface area contributed by atoms with Crippen molar-refractivity contribution in [1.82, 2.24) is 5.32 Å². The number of hydrogen-bond acceptors (Lipinski definition) is 14. The molecular weight excluding hydrogens is 823 g/mol. The Hall–Kier alpha value is -2.99. The summed E-state index contributed by atoms with van der Waals surface area (Å²) in [6.45, 7) is 9.57. The van der Waals surface area contributed by atoms with Crippen molar-refractivity contribution in [2.24, 2.45) is 17.8 Å². The molecule has 2 aliphatic heterocycles. The minimum atomic E-state index is -1.67. The fourth-order valence-electron chi connectivity index (χ4n) is 8.90. The van der Waals surface area contributed by atoms with Gasteiger partial charge in [0.15, 0.2) is 24.8 Å². The average Bonchev–Trinajstić information content (AvgIpc) is 3.25. The van der Waals surface area contributed by atoms with Crippen molar-refractivity contribution in [2.45, 2.75) is 184 Å². The van der Waals surface area contributed by atoms with Crippen LogP contribution in [0.2, 0.25) is 19.6 Å². The van der Waals surface area contributed by atoms with Crippen LogP contribution in [0.1, 0.15) is 94.8 Å². The molecule has 62 heavy (non-hydrogen) atoms. The highest BCUT2D eigenvalue weighted by molar-refractivity contribution is 6.83. The average molecular weight is 892 g/mol. The maximum atomic E-state index is 13.9. The number of esters is 1. The summed E-state index contributed by atoms with van der Waals surface area (Å²) in [5.41, 5.74) is 3.47. The molecule has 9 unspecified atom stereocenters. The van der Waals surface area contributed by atoms with Crippen LogP contribution in [0.25, 0.3) is 0 Å². The first-order valence-corrected chi connectivity index (χ1v) is 25.9. The van der Waals surface area contributed by atoms with Crippen LogP contribution in [0.4, 0.5) is 0 Å². The maximum Gasteiger partial charge on any atom is 0.338 e. The zero-order chi connectivity index (χ0) is 45.1. The Morgan fingerprint density at radius 2 is 1.60 bits per heavy atom. The number of aliphatic hydroxyl groups excluding tert-OH is 5. The molecule has 348 valence electrons. The van der Waals surface area contributed by atoms with Gasteiger partial charge in [0.1, 0.15) is 44.7 Å². The molecule has 2 heterocycles. The van der Waals surface area contributed by atoms with E-state index in [1.54, 1.807) is 18.2 Å². The van der Waals surface area contributed by atoms with Crippen molar-refractivity contribution in [3.05, 3.63) is 35.9 Å². The Morgan fingerprint density at radius 3 is 2.24 bits per heavy atom. The molecule has 2 saturated heterocycles. The number of nitrogens with one attached hydrogen (secondary N) is 1. The largest absolute Gasteiger partial charge is 0.479 e. The number of carboxylic acid groups (broad SMARTS) is 1. The molecule has 16 nitrogen and oxygen atoms in total. The van der Waals surface area contributed by atoms with Crippen LogP contribution >= 0.6 is 0 Å². The molecule has 1 aromatic carbocycles. The van der Waals surface area contributed by atoms with Crippen molar-refractivity contribution in [3.8, 4) is 11.5 Å². The third-order valence-corrected chi connectivity index (χ3v) is 13.3.